The van der Waals surface area contributed by atoms with Crippen molar-refractivity contribution in [1.29, 1.82) is 0 Å². The summed E-state index contributed by atoms with van der Waals surface area (Å²) in [5.74, 6) is -3.04. The first-order valence-corrected chi connectivity index (χ1v) is 8.77. The van der Waals surface area contributed by atoms with Crippen molar-refractivity contribution >= 4 is 23.5 Å². The SMILES string of the molecule is CC(C(=O)N1C[C@@H](C(=O)O)[C@H](c2ccc(Cl)cc2)C1)c1cccc(F)c1. The van der Waals surface area contributed by atoms with Crippen molar-refractivity contribution in [1.82, 2.24) is 4.90 Å². The van der Waals surface area contributed by atoms with Gasteiger partial charge < -0.3 is 10.0 Å². The maximum atomic E-state index is 13.4. The minimum absolute atomic E-state index is 0.140. The topological polar surface area (TPSA) is 57.6 Å². The standard InChI is InChI=1S/C20H19ClFNO3/c1-12(14-3-2-4-16(22)9-14)19(24)23-10-17(18(11-23)20(25)26)13-5-7-15(21)8-6-13/h2-9,12,17-18H,10-11H2,1H3,(H,25,26)/t12?,17-,18+/m0/s1. The van der Waals surface area contributed by atoms with Crippen LogP contribution >= 0.6 is 11.6 Å². The first-order valence-electron chi connectivity index (χ1n) is 8.39. The van der Waals surface area contributed by atoms with Gasteiger partial charge >= 0.3 is 5.97 Å². The molecule has 1 aliphatic heterocycles. The van der Waals surface area contributed by atoms with E-state index in [9.17, 15) is 19.1 Å². The second kappa shape index (κ2) is 7.46. The van der Waals surface area contributed by atoms with Gasteiger partial charge in [0, 0.05) is 24.0 Å². The summed E-state index contributed by atoms with van der Waals surface area (Å²) >= 11 is 5.91. The second-order valence-corrected chi connectivity index (χ2v) is 7.06. The molecular weight excluding hydrogens is 357 g/mol. The Morgan fingerprint density at radius 3 is 2.50 bits per heavy atom. The van der Waals surface area contributed by atoms with Crippen LogP contribution in [0.15, 0.2) is 48.5 Å². The molecule has 1 amide bonds. The Labute approximate surface area is 156 Å². The van der Waals surface area contributed by atoms with Gasteiger partial charge in [-0.25, -0.2) is 4.39 Å². The van der Waals surface area contributed by atoms with Crippen molar-refractivity contribution in [3.63, 3.8) is 0 Å². The van der Waals surface area contributed by atoms with Gasteiger partial charge in [0.1, 0.15) is 5.82 Å². The number of benzene rings is 2. The summed E-state index contributed by atoms with van der Waals surface area (Å²) < 4.78 is 13.4. The summed E-state index contributed by atoms with van der Waals surface area (Å²) in [6.45, 7) is 2.17. The summed E-state index contributed by atoms with van der Waals surface area (Å²) in [6.07, 6.45) is 0. The molecule has 6 heteroatoms. The lowest BCUT2D eigenvalue weighted by molar-refractivity contribution is -0.141. The Morgan fingerprint density at radius 1 is 1.19 bits per heavy atom. The number of carbonyl (C=O) groups is 2. The van der Waals surface area contributed by atoms with E-state index in [1.807, 2.05) is 0 Å². The highest BCUT2D eigenvalue weighted by atomic mass is 35.5. The van der Waals surface area contributed by atoms with Crippen LogP contribution in [-0.2, 0) is 9.59 Å². The zero-order valence-electron chi connectivity index (χ0n) is 14.2. The number of hydrogen-bond acceptors (Lipinski definition) is 2. The van der Waals surface area contributed by atoms with Crippen molar-refractivity contribution in [2.45, 2.75) is 18.8 Å². The third kappa shape index (κ3) is 3.73. The molecule has 0 radical (unpaired) electrons. The lowest BCUT2D eigenvalue weighted by Crippen LogP contribution is -2.33. The number of nitrogens with zero attached hydrogens (tertiary/aromatic N) is 1. The molecule has 0 aliphatic carbocycles. The van der Waals surface area contributed by atoms with Crippen LogP contribution in [0.25, 0.3) is 0 Å². The molecule has 1 unspecified atom stereocenters. The second-order valence-electron chi connectivity index (χ2n) is 6.62. The monoisotopic (exact) mass is 375 g/mol. The number of likely N-dealkylation sites (tertiary alicyclic amines) is 1. The fourth-order valence-corrected chi connectivity index (χ4v) is 3.60. The first-order chi connectivity index (χ1) is 12.4. The highest BCUT2D eigenvalue weighted by Crippen LogP contribution is 2.35. The molecule has 136 valence electrons. The Bertz CT molecular complexity index is 824. The number of carbonyl (C=O) groups excluding carboxylic acids is 1. The number of aliphatic carboxylic acids is 1. The van der Waals surface area contributed by atoms with E-state index in [4.69, 9.17) is 11.6 Å². The zero-order valence-corrected chi connectivity index (χ0v) is 15.0. The van der Waals surface area contributed by atoms with Gasteiger partial charge in [0.05, 0.1) is 11.8 Å². The lowest BCUT2D eigenvalue weighted by Gasteiger charge is -2.21. The van der Waals surface area contributed by atoms with Crippen LogP contribution in [0.3, 0.4) is 0 Å². The minimum Gasteiger partial charge on any atom is -0.481 e. The molecule has 26 heavy (non-hydrogen) atoms. The normalized spacial score (nSPS) is 20.8. The van der Waals surface area contributed by atoms with Crippen LogP contribution < -0.4 is 0 Å². The molecule has 2 aromatic carbocycles. The molecule has 1 heterocycles. The smallest absolute Gasteiger partial charge is 0.308 e. The van der Waals surface area contributed by atoms with Crippen LogP contribution in [0.2, 0.25) is 5.02 Å². The molecule has 3 rings (SSSR count). The molecule has 1 saturated heterocycles. The molecule has 0 aromatic heterocycles. The van der Waals surface area contributed by atoms with Crippen molar-refractivity contribution < 1.29 is 19.1 Å². The van der Waals surface area contributed by atoms with Gasteiger partial charge in [-0.1, -0.05) is 35.9 Å². The summed E-state index contributed by atoms with van der Waals surface area (Å²) in [5.41, 5.74) is 1.42. The number of rotatable bonds is 4. The summed E-state index contributed by atoms with van der Waals surface area (Å²) in [5, 5.41) is 10.2. The van der Waals surface area contributed by atoms with Gasteiger partial charge in [-0.2, -0.15) is 0 Å². The number of halogens is 2. The van der Waals surface area contributed by atoms with Gasteiger partial charge in [0.25, 0.3) is 0 Å². The first kappa shape index (κ1) is 18.4. The Kier molecular flexibility index (Phi) is 5.28. The van der Waals surface area contributed by atoms with Crippen LogP contribution in [0.1, 0.15) is 29.9 Å². The fourth-order valence-electron chi connectivity index (χ4n) is 3.47. The molecule has 2 aromatic rings. The summed E-state index contributed by atoms with van der Waals surface area (Å²) in [4.78, 5) is 26.1. The number of amides is 1. The largest absolute Gasteiger partial charge is 0.481 e. The van der Waals surface area contributed by atoms with Crippen molar-refractivity contribution in [2.75, 3.05) is 13.1 Å². The molecule has 1 N–H and O–H groups in total. The van der Waals surface area contributed by atoms with Crippen molar-refractivity contribution in [3.05, 3.63) is 70.5 Å². The summed E-state index contributed by atoms with van der Waals surface area (Å²) in [7, 11) is 0. The number of carboxylic acids is 1. The van der Waals surface area contributed by atoms with Crippen LogP contribution in [0, 0.1) is 11.7 Å². The van der Waals surface area contributed by atoms with E-state index >= 15 is 0 Å². The quantitative estimate of drug-likeness (QED) is 0.881. The van der Waals surface area contributed by atoms with Gasteiger partial charge in [0.2, 0.25) is 5.91 Å². The van der Waals surface area contributed by atoms with Crippen LogP contribution in [0.4, 0.5) is 4.39 Å². The highest BCUT2D eigenvalue weighted by molar-refractivity contribution is 6.30. The van der Waals surface area contributed by atoms with Crippen LogP contribution in [0.5, 0.6) is 0 Å². The zero-order chi connectivity index (χ0) is 18.8. The Balaban J connectivity index is 1.81. The molecule has 1 aliphatic rings. The van der Waals surface area contributed by atoms with Gasteiger partial charge in [0.15, 0.2) is 0 Å². The summed E-state index contributed by atoms with van der Waals surface area (Å²) in [6, 6.07) is 13.0. The fraction of sp³-hybridized carbons (Fsp3) is 0.300. The predicted molar refractivity (Wildman–Crippen MR) is 96.7 cm³/mol. The molecule has 0 spiro atoms. The average Bonchev–Trinajstić information content (AvgIpc) is 3.06. The average molecular weight is 376 g/mol. The van der Waals surface area contributed by atoms with Crippen molar-refractivity contribution in [3.8, 4) is 0 Å². The van der Waals surface area contributed by atoms with E-state index < -0.39 is 23.6 Å². The van der Waals surface area contributed by atoms with E-state index in [0.717, 1.165) is 5.56 Å². The Morgan fingerprint density at radius 2 is 1.88 bits per heavy atom. The van der Waals surface area contributed by atoms with Gasteiger partial charge in [-0.15, -0.1) is 0 Å². The van der Waals surface area contributed by atoms with Crippen molar-refractivity contribution in [2.24, 2.45) is 5.92 Å². The lowest BCUT2D eigenvalue weighted by atomic mass is 9.89. The van der Waals surface area contributed by atoms with E-state index in [2.05, 4.69) is 0 Å². The third-order valence-corrected chi connectivity index (χ3v) is 5.22. The maximum absolute atomic E-state index is 13.4. The molecule has 3 atom stereocenters. The molecule has 4 nitrogen and oxygen atoms in total. The van der Waals surface area contributed by atoms with Gasteiger partial charge in [-0.3, -0.25) is 9.59 Å². The number of carboxylic acid groups (broad SMARTS) is 1. The maximum Gasteiger partial charge on any atom is 0.308 e. The van der Waals surface area contributed by atoms with E-state index in [1.54, 1.807) is 48.2 Å². The van der Waals surface area contributed by atoms with E-state index in [1.165, 1.54) is 12.1 Å². The molecular formula is C20H19ClFNO3. The van der Waals surface area contributed by atoms with E-state index in [-0.39, 0.29) is 18.4 Å². The molecule has 1 fully saturated rings. The van der Waals surface area contributed by atoms with E-state index in [0.29, 0.717) is 17.1 Å². The minimum atomic E-state index is -0.932. The number of hydrogen-bond donors (Lipinski definition) is 1. The molecule has 0 saturated carbocycles. The Hall–Kier alpha value is -2.40. The highest BCUT2D eigenvalue weighted by Gasteiger charge is 2.41. The van der Waals surface area contributed by atoms with Crippen LogP contribution in [-0.4, -0.2) is 35.0 Å². The molecule has 0 bridgehead atoms. The third-order valence-electron chi connectivity index (χ3n) is 4.97. The predicted octanol–water partition coefficient (Wildman–Crippen LogP) is 3.91. The van der Waals surface area contributed by atoms with Gasteiger partial charge in [-0.05, 0) is 42.3 Å².